The maximum Gasteiger partial charge on any atom is 0.400 e. The van der Waals surface area contributed by atoms with Gasteiger partial charge in [0.1, 0.15) is 23.2 Å². The first-order valence-corrected chi connectivity index (χ1v) is 25.5. The van der Waals surface area contributed by atoms with Crippen molar-refractivity contribution >= 4 is 81.8 Å². The molecule has 4 atom stereocenters. The average Bonchev–Trinajstić information content (AvgIpc) is 3.25. The van der Waals surface area contributed by atoms with Crippen molar-refractivity contribution < 1.29 is 30.5 Å². The lowest BCUT2D eigenvalue weighted by Gasteiger charge is -2.45. The van der Waals surface area contributed by atoms with Gasteiger partial charge in [0.2, 0.25) is 0 Å². The van der Waals surface area contributed by atoms with Gasteiger partial charge in [-0.3, -0.25) is 0 Å². The van der Waals surface area contributed by atoms with E-state index in [4.69, 9.17) is 13.0 Å². The summed E-state index contributed by atoms with van der Waals surface area (Å²) in [7, 11) is -9.67. The number of hydrogen-bond acceptors (Lipinski definition) is 3. The molecule has 0 aliphatic carbocycles. The zero-order valence-corrected chi connectivity index (χ0v) is 36.5. The van der Waals surface area contributed by atoms with Crippen LogP contribution in [0.2, 0.25) is 0 Å². The van der Waals surface area contributed by atoms with Crippen LogP contribution in [-0.4, -0.2) is 40.3 Å². The summed E-state index contributed by atoms with van der Waals surface area (Å²) in [6, 6.07) is 36.8. The van der Waals surface area contributed by atoms with Crippen LogP contribution in [0.4, 0.5) is 17.6 Å². The van der Waals surface area contributed by atoms with Gasteiger partial charge in [-0.05, 0) is 101 Å². The Morgan fingerprint density at radius 3 is 1.00 bits per heavy atom. The molecule has 0 aliphatic rings. The smallest absolute Gasteiger partial charge is 0.400 e. The highest BCUT2D eigenvalue weighted by atomic mass is 28.5. The van der Waals surface area contributed by atoms with E-state index in [9.17, 15) is 0 Å². The van der Waals surface area contributed by atoms with Crippen molar-refractivity contribution in [1.29, 1.82) is 0 Å². The molecule has 8 rings (SSSR count). The minimum absolute atomic E-state index is 0.0657. The lowest BCUT2D eigenvalue weighted by Crippen LogP contribution is -2.71. The van der Waals surface area contributed by atoms with Crippen LogP contribution in [-0.2, 0) is 26.2 Å². The molecule has 0 heterocycles. The van der Waals surface area contributed by atoms with Gasteiger partial charge in [-0.25, -0.2) is 17.6 Å². The summed E-state index contributed by atoms with van der Waals surface area (Å²) in [5, 5.41) is 12.6. The van der Waals surface area contributed by atoms with Crippen LogP contribution in [0.25, 0.3) is 64.6 Å². The Labute approximate surface area is 346 Å². The van der Waals surface area contributed by atoms with Gasteiger partial charge >= 0.3 is 17.1 Å². The third-order valence-corrected chi connectivity index (χ3v) is 20.8. The van der Waals surface area contributed by atoms with E-state index in [2.05, 4.69) is 60.7 Å². The van der Waals surface area contributed by atoms with E-state index in [1.807, 2.05) is 76.2 Å². The predicted molar refractivity (Wildman–Crippen MR) is 242 cm³/mol. The molecule has 0 amide bonds. The molecular weight excluding hydrogens is 781 g/mol. The van der Waals surface area contributed by atoms with Gasteiger partial charge in [-0.15, -0.1) is 0 Å². The van der Waals surface area contributed by atoms with Gasteiger partial charge in [0.25, 0.3) is 0 Å². The number of halogens is 4. The Morgan fingerprint density at radius 2 is 0.678 bits per heavy atom. The normalized spacial score (nSPS) is 16.7. The minimum atomic E-state index is -4.83. The first kappa shape index (κ1) is 41.6. The van der Waals surface area contributed by atoms with Crippen LogP contribution < -0.4 is 0 Å². The summed E-state index contributed by atoms with van der Waals surface area (Å²) in [5.41, 5.74) is 1.47. The van der Waals surface area contributed by atoms with Gasteiger partial charge in [0, 0.05) is 0 Å². The molecule has 0 aliphatic heterocycles. The average molecular weight is 835 g/mol. The second-order valence-corrected chi connectivity index (χ2v) is 23.1. The molecule has 308 valence electrons. The molecule has 4 unspecified atom stereocenters. The first-order chi connectivity index (χ1) is 28.7. The second-order valence-electron chi connectivity index (χ2n) is 16.3. The van der Waals surface area contributed by atoms with Crippen LogP contribution >= 0.6 is 0 Å². The molecule has 8 aromatic carbocycles. The van der Waals surface area contributed by atoms with Crippen LogP contribution in [0, 0.1) is 0 Å². The van der Waals surface area contributed by atoms with E-state index < -0.39 is 40.3 Å². The molecule has 0 saturated heterocycles. The van der Waals surface area contributed by atoms with E-state index in [-0.39, 0.29) is 38.9 Å². The molecule has 0 aromatic heterocycles. The van der Waals surface area contributed by atoms with E-state index in [0.717, 1.165) is 75.8 Å². The maximum atomic E-state index is 17.4. The van der Waals surface area contributed by atoms with Crippen LogP contribution in [0.15, 0.2) is 109 Å². The van der Waals surface area contributed by atoms with E-state index >= 15 is 17.6 Å². The van der Waals surface area contributed by atoms with E-state index in [1.165, 1.54) is 0 Å². The lowest BCUT2D eigenvalue weighted by molar-refractivity contribution is 0.0854. The highest BCUT2D eigenvalue weighted by Crippen LogP contribution is 2.42. The molecule has 59 heavy (non-hydrogen) atoms. The van der Waals surface area contributed by atoms with Crippen molar-refractivity contribution in [3.8, 4) is 0 Å². The molecule has 0 fully saturated rings. The molecule has 0 saturated carbocycles. The summed E-state index contributed by atoms with van der Waals surface area (Å²) >= 11 is 0. The van der Waals surface area contributed by atoms with Gasteiger partial charge < -0.3 is 13.0 Å². The maximum absolute atomic E-state index is 17.4. The van der Waals surface area contributed by atoms with Crippen molar-refractivity contribution in [2.24, 2.45) is 0 Å². The molecule has 9 heteroatoms. The summed E-state index contributed by atoms with van der Waals surface area (Å²) in [4.78, 5) is 0. The zero-order valence-electron chi connectivity index (χ0n) is 34.5. The fourth-order valence-corrected chi connectivity index (χ4v) is 18.9. The molecule has 0 N–H and O–H groups in total. The highest BCUT2D eigenvalue weighted by molar-refractivity contribution is 6.83. The third-order valence-electron chi connectivity index (χ3n) is 12.4. The second kappa shape index (κ2) is 17.5. The van der Waals surface area contributed by atoms with Gasteiger partial charge in [-0.1, -0.05) is 163 Å². The summed E-state index contributed by atoms with van der Waals surface area (Å²) < 4.78 is 89.8. The Bertz CT molecular complexity index is 2430. The summed E-state index contributed by atoms with van der Waals surface area (Å²) in [5.74, 6) is -7.61. The van der Waals surface area contributed by atoms with Crippen molar-refractivity contribution in [1.82, 2.24) is 0 Å². The fourth-order valence-electron chi connectivity index (χ4n) is 9.36. The topological polar surface area (TPSA) is 27.7 Å². The summed E-state index contributed by atoms with van der Waals surface area (Å²) in [6.45, 7) is 6.92. The predicted octanol–water partition coefficient (Wildman–Crippen LogP) is 14.8. The van der Waals surface area contributed by atoms with Crippen molar-refractivity contribution in [2.45, 2.75) is 115 Å². The highest BCUT2D eigenvalue weighted by Gasteiger charge is 2.65. The Hall–Kier alpha value is -4.13. The lowest BCUT2D eigenvalue weighted by atomic mass is 9.92. The van der Waals surface area contributed by atoms with E-state index in [0.29, 0.717) is 25.7 Å². The molecule has 0 radical (unpaired) electrons. The quantitative estimate of drug-likeness (QED) is 0.0435. The Balaban J connectivity index is 1.24. The molecule has 0 bridgehead atoms. The number of rotatable bonds is 20. The standard InChI is InChI=1S/C50H54F4O3Si2/c1-5-11-43(51)58(44(52)12-6-2,55-31-39-25-23-37-21-19-33-15-9-17-35-27-29-41(39)49(37)47(33)35)57-59(45(53)13-7-3,46(54)14-8-4)56-32-40-26-24-38-22-20-34-16-10-18-36-28-30-42(40)50(38)48(34)36/h9-10,15-30,43-46H,5-8,11-14,31-32H2,1-4H3. The third kappa shape index (κ3) is 7.41. The monoisotopic (exact) mass is 834 g/mol. The summed E-state index contributed by atoms with van der Waals surface area (Å²) in [6.07, 6.45) is 1.24. The number of alkyl halides is 4. The van der Waals surface area contributed by atoms with Gasteiger partial charge in [-0.2, -0.15) is 0 Å². The fraction of sp³-hybridized carbons (Fsp3) is 0.360. The largest absolute Gasteiger partial charge is 0.408 e. The van der Waals surface area contributed by atoms with Crippen molar-refractivity contribution in [3.05, 3.63) is 120 Å². The van der Waals surface area contributed by atoms with Crippen LogP contribution in [0.3, 0.4) is 0 Å². The molecule has 3 nitrogen and oxygen atoms in total. The van der Waals surface area contributed by atoms with Gasteiger partial charge in [0.15, 0.2) is 0 Å². The Morgan fingerprint density at radius 1 is 0.390 bits per heavy atom. The number of benzene rings is 8. The zero-order chi connectivity index (χ0) is 41.3. The van der Waals surface area contributed by atoms with Crippen LogP contribution in [0.1, 0.15) is 90.2 Å². The first-order valence-electron chi connectivity index (χ1n) is 21.5. The van der Waals surface area contributed by atoms with Crippen molar-refractivity contribution in [3.63, 3.8) is 0 Å². The number of hydrogen-bond donors (Lipinski definition) is 0. The van der Waals surface area contributed by atoms with Crippen molar-refractivity contribution in [2.75, 3.05) is 0 Å². The minimum Gasteiger partial charge on any atom is -0.408 e. The molecule has 0 spiro atoms. The Kier molecular flexibility index (Phi) is 12.3. The molecule has 8 aromatic rings. The van der Waals surface area contributed by atoms with Crippen LogP contribution in [0.5, 0.6) is 0 Å². The molecular formula is C50H54F4O3Si2. The van der Waals surface area contributed by atoms with E-state index in [1.54, 1.807) is 0 Å². The SMILES string of the molecule is CCCC(F)[Si](OCc1ccc2ccc3cccc4ccc1c2c34)(O[Si](OCc1ccc2ccc3cccc4ccc1c2c34)(C(F)CCC)C(F)CCC)C(F)CCC. The van der Waals surface area contributed by atoms with Gasteiger partial charge in [0.05, 0.1) is 13.2 Å².